The maximum atomic E-state index is 12.8. The van der Waals surface area contributed by atoms with Crippen molar-refractivity contribution < 1.29 is 4.39 Å². The highest BCUT2D eigenvalue weighted by Crippen LogP contribution is 2.12. The quantitative estimate of drug-likeness (QED) is 0.818. The molecule has 1 nitrogen and oxygen atoms in total. The lowest BCUT2D eigenvalue weighted by Gasteiger charge is -2.28. The van der Waals surface area contributed by atoms with Crippen LogP contribution in [0.5, 0.6) is 0 Å². The van der Waals surface area contributed by atoms with Crippen LogP contribution in [0.25, 0.3) is 0 Å². The van der Waals surface area contributed by atoms with Crippen LogP contribution in [-0.4, -0.2) is 11.6 Å². The second kappa shape index (κ2) is 6.15. The van der Waals surface area contributed by atoms with Crippen molar-refractivity contribution in [2.24, 2.45) is 0 Å². The van der Waals surface area contributed by atoms with Crippen LogP contribution in [0.2, 0.25) is 0 Å². The predicted molar refractivity (Wildman–Crippen MR) is 71.7 cm³/mol. The van der Waals surface area contributed by atoms with Gasteiger partial charge in [-0.05, 0) is 51.3 Å². The largest absolute Gasteiger partial charge is 0.309 e. The van der Waals surface area contributed by atoms with Crippen LogP contribution < -0.4 is 5.32 Å². The summed E-state index contributed by atoms with van der Waals surface area (Å²) in [5.74, 6) is -0.162. The van der Waals surface area contributed by atoms with Gasteiger partial charge in [0.05, 0.1) is 0 Å². The first-order valence-corrected chi connectivity index (χ1v) is 6.43. The molecule has 17 heavy (non-hydrogen) atoms. The smallest absolute Gasteiger partial charge is 0.123 e. The van der Waals surface area contributed by atoms with E-state index < -0.39 is 0 Å². The minimum absolute atomic E-state index is 0.125. The molecule has 0 aromatic heterocycles. The fraction of sp³-hybridized carbons (Fsp3) is 0.600. The van der Waals surface area contributed by atoms with E-state index in [1.165, 1.54) is 17.7 Å². The Labute approximate surface area is 104 Å². The molecule has 1 rings (SSSR count). The van der Waals surface area contributed by atoms with Gasteiger partial charge >= 0.3 is 0 Å². The van der Waals surface area contributed by atoms with Crippen LogP contribution >= 0.6 is 0 Å². The maximum absolute atomic E-state index is 12.8. The molecular weight excluding hydrogens is 213 g/mol. The standard InChI is InChI=1S/C15H24FN/c1-5-6-14(17-15(2,3)4)11-12-7-9-13(16)10-8-12/h7-10,14,17H,5-6,11H2,1-4H3. The summed E-state index contributed by atoms with van der Waals surface area (Å²) >= 11 is 0. The average Bonchev–Trinajstić information content (AvgIpc) is 2.19. The Balaban J connectivity index is 2.63. The molecule has 0 heterocycles. The fourth-order valence-corrected chi connectivity index (χ4v) is 2.09. The molecule has 0 aliphatic carbocycles. The van der Waals surface area contributed by atoms with E-state index in [2.05, 4.69) is 33.0 Å². The van der Waals surface area contributed by atoms with Crippen LogP contribution in [0.4, 0.5) is 4.39 Å². The average molecular weight is 237 g/mol. The van der Waals surface area contributed by atoms with Gasteiger partial charge in [0.25, 0.3) is 0 Å². The first-order valence-electron chi connectivity index (χ1n) is 6.43. The van der Waals surface area contributed by atoms with E-state index in [1.54, 1.807) is 0 Å². The zero-order valence-corrected chi connectivity index (χ0v) is 11.4. The summed E-state index contributed by atoms with van der Waals surface area (Å²) < 4.78 is 12.8. The summed E-state index contributed by atoms with van der Waals surface area (Å²) in [5, 5.41) is 3.63. The molecule has 96 valence electrons. The Morgan fingerprint density at radius 2 is 1.76 bits per heavy atom. The monoisotopic (exact) mass is 237 g/mol. The molecule has 2 heteroatoms. The molecule has 1 aromatic carbocycles. The van der Waals surface area contributed by atoms with E-state index in [-0.39, 0.29) is 11.4 Å². The van der Waals surface area contributed by atoms with Crippen LogP contribution in [0, 0.1) is 5.82 Å². The highest BCUT2D eigenvalue weighted by Gasteiger charge is 2.16. The Kier molecular flexibility index (Phi) is 5.13. The van der Waals surface area contributed by atoms with Crippen LogP contribution in [0.1, 0.15) is 46.1 Å². The molecular formula is C15H24FN. The zero-order chi connectivity index (χ0) is 12.9. The third kappa shape index (κ3) is 5.83. The van der Waals surface area contributed by atoms with E-state index in [0.717, 1.165) is 19.3 Å². The molecule has 0 fully saturated rings. The number of hydrogen-bond acceptors (Lipinski definition) is 1. The van der Waals surface area contributed by atoms with E-state index in [0.29, 0.717) is 6.04 Å². The van der Waals surface area contributed by atoms with Crippen molar-refractivity contribution in [2.45, 2.75) is 58.5 Å². The van der Waals surface area contributed by atoms with Crippen molar-refractivity contribution in [1.29, 1.82) is 0 Å². The summed E-state index contributed by atoms with van der Waals surface area (Å²) in [4.78, 5) is 0. The van der Waals surface area contributed by atoms with Crippen molar-refractivity contribution in [3.8, 4) is 0 Å². The minimum Gasteiger partial charge on any atom is -0.309 e. The second-order valence-electron chi connectivity index (χ2n) is 5.71. The number of benzene rings is 1. The van der Waals surface area contributed by atoms with Gasteiger partial charge in [0, 0.05) is 11.6 Å². The van der Waals surface area contributed by atoms with E-state index >= 15 is 0 Å². The SMILES string of the molecule is CCCC(Cc1ccc(F)cc1)NC(C)(C)C. The normalized spacial score (nSPS) is 13.7. The molecule has 0 radical (unpaired) electrons. The Morgan fingerprint density at radius 3 is 2.24 bits per heavy atom. The van der Waals surface area contributed by atoms with Crippen molar-refractivity contribution in [3.63, 3.8) is 0 Å². The van der Waals surface area contributed by atoms with Gasteiger partial charge in [0.15, 0.2) is 0 Å². The molecule has 1 unspecified atom stereocenters. The van der Waals surface area contributed by atoms with Gasteiger partial charge in [0.2, 0.25) is 0 Å². The molecule has 0 aliphatic heterocycles. The van der Waals surface area contributed by atoms with E-state index in [1.807, 2.05) is 12.1 Å². The summed E-state index contributed by atoms with van der Waals surface area (Å²) in [5.41, 5.74) is 1.32. The molecule has 0 spiro atoms. The van der Waals surface area contributed by atoms with E-state index in [4.69, 9.17) is 0 Å². The predicted octanol–water partition coefficient (Wildman–Crippen LogP) is 3.93. The Hall–Kier alpha value is -0.890. The topological polar surface area (TPSA) is 12.0 Å². The first-order chi connectivity index (χ1) is 7.90. The highest BCUT2D eigenvalue weighted by atomic mass is 19.1. The van der Waals surface area contributed by atoms with Crippen molar-refractivity contribution in [3.05, 3.63) is 35.6 Å². The van der Waals surface area contributed by atoms with Crippen molar-refractivity contribution >= 4 is 0 Å². The molecule has 0 saturated carbocycles. The fourth-order valence-electron chi connectivity index (χ4n) is 2.09. The maximum Gasteiger partial charge on any atom is 0.123 e. The lowest BCUT2D eigenvalue weighted by atomic mass is 9.98. The molecule has 0 bridgehead atoms. The van der Waals surface area contributed by atoms with Gasteiger partial charge in [-0.15, -0.1) is 0 Å². The highest BCUT2D eigenvalue weighted by molar-refractivity contribution is 5.17. The van der Waals surface area contributed by atoms with Crippen molar-refractivity contribution in [1.82, 2.24) is 5.32 Å². The van der Waals surface area contributed by atoms with Crippen LogP contribution in [0.3, 0.4) is 0 Å². The van der Waals surface area contributed by atoms with Crippen LogP contribution in [-0.2, 0) is 6.42 Å². The molecule has 1 aromatic rings. The molecule has 1 atom stereocenters. The van der Waals surface area contributed by atoms with Crippen LogP contribution in [0.15, 0.2) is 24.3 Å². The zero-order valence-electron chi connectivity index (χ0n) is 11.4. The van der Waals surface area contributed by atoms with Gasteiger partial charge in [-0.2, -0.15) is 0 Å². The van der Waals surface area contributed by atoms with Gasteiger partial charge in [0.1, 0.15) is 5.82 Å². The Bertz CT molecular complexity index is 324. The lowest BCUT2D eigenvalue weighted by Crippen LogP contribution is -2.44. The second-order valence-corrected chi connectivity index (χ2v) is 5.71. The van der Waals surface area contributed by atoms with Gasteiger partial charge in [-0.25, -0.2) is 4.39 Å². The summed E-state index contributed by atoms with van der Waals surface area (Å²) in [7, 11) is 0. The van der Waals surface area contributed by atoms with Gasteiger partial charge < -0.3 is 5.32 Å². The summed E-state index contributed by atoms with van der Waals surface area (Å²) in [6, 6.07) is 7.29. The van der Waals surface area contributed by atoms with Gasteiger partial charge in [-0.1, -0.05) is 25.5 Å². The molecule has 0 aliphatic rings. The number of nitrogens with one attached hydrogen (secondary N) is 1. The third-order valence-electron chi connectivity index (χ3n) is 2.67. The number of rotatable bonds is 5. The van der Waals surface area contributed by atoms with E-state index in [9.17, 15) is 4.39 Å². The lowest BCUT2D eigenvalue weighted by molar-refractivity contribution is 0.341. The summed E-state index contributed by atoms with van der Waals surface area (Å²) in [6.45, 7) is 8.74. The molecule has 0 saturated heterocycles. The Morgan fingerprint density at radius 1 is 1.18 bits per heavy atom. The molecule has 1 N–H and O–H groups in total. The van der Waals surface area contributed by atoms with Crippen molar-refractivity contribution in [2.75, 3.05) is 0 Å². The third-order valence-corrected chi connectivity index (χ3v) is 2.67. The molecule has 0 amide bonds. The van der Waals surface area contributed by atoms with Gasteiger partial charge in [-0.3, -0.25) is 0 Å². The summed E-state index contributed by atoms with van der Waals surface area (Å²) in [6.07, 6.45) is 3.27. The minimum atomic E-state index is -0.162. The number of halogens is 1. The first kappa shape index (κ1) is 14.2. The number of hydrogen-bond donors (Lipinski definition) is 1.